The first-order valence-electron chi connectivity index (χ1n) is 28.2. The number of hydrogen-bond donors (Lipinski definition) is 0. The van der Waals surface area contributed by atoms with Crippen LogP contribution in [-0.2, 0) is 11.3 Å². The van der Waals surface area contributed by atoms with Crippen LogP contribution in [0.4, 0.5) is 37.2 Å². The summed E-state index contributed by atoms with van der Waals surface area (Å²) in [6.07, 6.45) is 17.6. The number of fused-ring (bicyclic) bond motifs is 7. The summed E-state index contributed by atoms with van der Waals surface area (Å²) in [5, 5.41) is 1.93. The van der Waals surface area contributed by atoms with E-state index in [0.717, 1.165) is 73.3 Å². The molecule has 7 aliphatic rings. The third kappa shape index (κ3) is 7.09. The zero-order chi connectivity index (χ0) is 52.4. The summed E-state index contributed by atoms with van der Waals surface area (Å²) in [7, 11) is 0. The van der Waals surface area contributed by atoms with Crippen molar-refractivity contribution in [3.05, 3.63) is 265 Å². The monoisotopic (exact) mass is 1030 g/mol. The van der Waals surface area contributed by atoms with Gasteiger partial charge in [0.1, 0.15) is 12.5 Å². The number of para-hydroxylation sites is 5. The molecule has 5 nitrogen and oxygen atoms in total. The van der Waals surface area contributed by atoms with Crippen LogP contribution in [0.1, 0.15) is 54.4 Å². The molecule has 4 aliphatic carbocycles. The highest BCUT2D eigenvalue weighted by molar-refractivity contribution is 6.77. The fraction of sp³-hybridized carbons (Fsp3) is 0.169. The molecule has 5 heterocycles. The van der Waals surface area contributed by atoms with Crippen LogP contribution < -0.4 is 14.6 Å². The maximum absolute atomic E-state index is 17.9. The van der Waals surface area contributed by atoms with Crippen molar-refractivity contribution < 1.29 is 8.78 Å². The van der Waals surface area contributed by atoms with Crippen LogP contribution in [0.15, 0.2) is 242 Å². The van der Waals surface area contributed by atoms with Gasteiger partial charge in [0.05, 0.1) is 28.1 Å². The van der Waals surface area contributed by atoms with Gasteiger partial charge in [-0.3, -0.25) is 4.57 Å². The van der Waals surface area contributed by atoms with Crippen LogP contribution in [-0.4, -0.2) is 23.1 Å². The average Bonchev–Trinajstić information content (AvgIpc) is 4.23. The van der Waals surface area contributed by atoms with Crippen LogP contribution >= 0.6 is 0 Å². The highest BCUT2D eigenvalue weighted by Crippen LogP contribution is 2.66. The second kappa shape index (κ2) is 17.9. The van der Waals surface area contributed by atoms with Crippen molar-refractivity contribution >= 4 is 63.2 Å². The van der Waals surface area contributed by atoms with Gasteiger partial charge in [0, 0.05) is 56.0 Å². The first-order chi connectivity index (χ1) is 38.9. The zero-order valence-electron chi connectivity index (χ0n) is 43.7. The number of benzene rings is 8. The largest absolute Gasteiger partial charge is 0.383 e. The van der Waals surface area contributed by atoms with E-state index in [2.05, 4.69) is 183 Å². The highest BCUT2D eigenvalue weighted by atomic mass is 19.3. The minimum Gasteiger partial charge on any atom is -0.383 e. The second-order valence-corrected chi connectivity index (χ2v) is 22.9. The van der Waals surface area contributed by atoms with E-state index in [1.54, 1.807) is 30.3 Å². The maximum Gasteiger partial charge on any atom is 0.316 e. The molecule has 0 saturated heterocycles. The summed E-state index contributed by atoms with van der Waals surface area (Å²) >= 11 is 0. The van der Waals surface area contributed by atoms with E-state index >= 15 is 8.78 Å². The number of halogens is 2. The summed E-state index contributed by atoms with van der Waals surface area (Å²) in [5.41, 5.74) is 14.7. The number of allylic oxidation sites excluding steroid dienone is 3. The van der Waals surface area contributed by atoms with Crippen molar-refractivity contribution in [3.63, 3.8) is 0 Å². The molecule has 0 spiro atoms. The molecule has 0 amide bonds. The number of alkyl halides is 2. The first-order valence-corrected chi connectivity index (χ1v) is 28.2. The lowest BCUT2D eigenvalue weighted by Crippen LogP contribution is -2.60. The van der Waals surface area contributed by atoms with Crippen LogP contribution in [0.5, 0.6) is 0 Å². The standard InChI is InChI=1S/C71H56BF2N5/c73-71(74,53-21-13-22-57(43-53)76-46-77(65-29-12-11-28-64(65)76)69-58(49-16-3-1-4-17-49)24-14-25-59(69)50-18-5-2-6-19-50)54-31-32-61-60-23-8-10-27-63(60)79(66(61)44-54)68-45-52(34-36-75-68)70(55-39-47-38-48(41-55)42-56(70)40-47)67-30-15-37-78-62-26-9-7-20-51(62)33-35-72(67)78/h1-37,43-45,47-48,55-56H,38-42,46H2. The third-order valence-electron chi connectivity index (χ3n) is 18.9. The Kier molecular flexibility index (Phi) is 10.5. The van der Waals surface area contributed by atoms with Gasteiger partial charge in [0.2, 0.25) is 0 Å². The van der Waals surface area contributed by atoms with Gasteiger partial charge in [-0.2, -0.15) is 8.78 Å². The van der Waals surface area contributed by atoms with Gasteiger partial charge in [-0.05, 0) is 145 Å². The van der Waals surface area contributed by atoms with Crippen molar-refractivity contribution in [2.75, 3.05) is 21.3 Å². The van der Waals surface area contributed by atoms with Crippen molar-refractivity contribution in [1.82, 2.24) is 9.55 Å². The molecular formula is C71H56BF2N5. The van der Waals surface area contributed by atoms with Gasteiger partial charge in [-0.1, -0.05) is 175 Å². The molecule has 4 fully saturated rings. The third-order valence-corrected chi connectivity index (χ3v) is 18.9. The Morgan fingerprint density at radius 1 is 0.544 bits per heavy atom. The summed E-state index contributed by atoms with van der Waals surface area (Å²) in [4.78, 5) is 12.2. The maximum atomic E-state index is 17.9. The van der Waals surface area contributed by atoms with E-state index in [1.807, 2.05) is 48.7 Å². The van der Waals surface area contributed by atoms with Crippen LogP contribution in [0.3, 0.4) is 0 Å². The van der Waals surface area contributed by atoms with Crippen molar-refractivity contribution in [1.29, 1.82) is 0 Å². The predicted octanol–water partition coefficient (Wildman–Crippen LogP) is 17.7. The minimum absolute atomic E-state index is 0.0637. The van der Waals surface area contributed by atoms with Crippen LogP contribution in [0.2, 0.25) is 0 Å². The fourth-order valence-electron chi connectivity index (χ4n) is 15.9. The molecular weight excluding hydrogens is 972 g/mol. The number of aromatic nitrogens is 2. The quantitative estimate of drug-likeness (QED) is 0.135. The van der Waals surface area contributed by atoms with Gasteiger partial charge >= 0.3 is 6.85 Å². The van der Waals surface area contributed by atoms with E-state index in [1.165, 1.54) is 54.4 Å². The van der Waals surface area contributed by atoms with Crippen molar-refractivity contribution in [3.8, 4) is 28.1 Å². The Balaban J connectivity index is 0.791. The Morgan fingerprint density at radius 2 is 1.18 bits per heavy atom. The molecule has 79 heavy (non-hydrogen) atoms. The van der Waals surface area contributed by atoms with E-state index in [0.29, 0.717) is 29.7 Å². The van der Waals surface area contributed by atoms with Crippen molar-refractivity contribution in [2.45, 2.75) is 43.4 Å². The molecule has 4 saturated carbocycles. The Morgan fingerprint density at radius 3 is 1.92 bits per heavy atom. The molecule has 0 N–H and O–H groups in total. The van der Waals surface area contributed by atoms with Crippen LogP contribution in [0, 0.1) is 23.7 Å². The minimum atomic E-state index is -3.34. The molecule has 0 radical (unpaired) electrons. The lowest BCUT2D eigenvalue weighted by molar-refractivity contribution is -0.0408. The van der Waals surface area contributed by atoms with Gasteiger partial charge in [0.15, 0.2) is 0 Å². The average molecular weight is 1030 g/mol. The second-order valence-electron chi connectivity index (χ2n) is 22.9. The fourth-order valence-corrected chi connectivity index (χ4v) is 15.9. The van der Waals surface area contributed by atoms with Crippen LogP contribution in [0.25, 0.3) is 56.0 Å². The van der Waals surface area contributed by atoms with Gasteiger partial charge in [-0.25, -0.2) is 4.98 Å². The van der Waals surface area contributed by atoms with E-state index in [-0.39, 0.29) is 23.4 Å². The Labute approximate surface area is 460 Å². The molecule has 10 aromatic rings. The summed E-state index contributed by atoms with van der Waals surface area (Å²) in [5.74, 6) is 2.37. The Bertz CT molecular complexity index is 4080. The molecule has 4 bridgehead atoms. The smallest absolute Gasteiger partial charge is 0.316 e. The molecule has 8 heteroatoms. The normalized spacial score (nSPS) is 21.7. The predicted molar refractivity (Wildman–Crippen MR) is 321 cm³/mol. The topological polar surface area (TPSA) is 27.5 Å². The number of rotatable bonds is 9. The van der Waals surface area contributed by atoms with Crippen molar-refractivity contribution in [2.24, 2.45) is 23.7 Å². The van der Waals surface area contributed by atoms with E-state index < -0.39 is 5.92 Å². The molecule has 3 aliphatic heterocycles. The molecule has 382 valence electrons. The molecule has 0 unspecified atom stereocenters. The number of nitrogens with zero attached hydrogens (tertiary/aromatic N) is 5. The summed E-state index contributed by atoms with van der Waals surface area (Å²) < 4.78 is 37.9. The van der Waals surface area contributed by atoms with E-state index in [4.69, 9.17) is 4.98 Å². The van der Waals surface area contributed by atoms with E-state index in [9.17, 15) is 0 Å². The molecule has 2 aromatic heterocycles. The molecule has 0 atom stereocenters. The summed E-state index contributed by atoms with van der Waals surface area (Å²) in [6.45, 7) is 0.520. The molecule has 17 rings (SSSR count). The van der Waals surface area contributed by atoms with Gasteiger partial charge < -0.3 is 14.6 Å². The molecule has 8 aromatic carbocycles. The van der Waals surface area contributed by atoms with Gasteiger partial charge in [-0.15, -0.1) is 0 Å². The van der Waals surface area contributed by atoms with Gasteiger partial charge in [0.25, 0.3) is 5.92 Å². The lowest BCUT2D eigenvalue weighted by atomic mass is 9.33. The number of hydrogen-bond acceptors (Lipinski definition) is 4. The summed E-state index contributed by atoms with van der Waals surface area (Å²) in [6, 6.07) is 69.7. The number of pyridine rings is 1. The highest BCUT2D eigenvalue weighted by Gasteiger charge is 2.61. The number of anilines is 5. The SMILES string of the molecule is FC(F)(c1cccc(N2CN(c3c(-c4ccccc4)cccc3-c3ccccc3)c3ccccc32)c1)c1ccc2c3ccccc3n(-c3cc(C4(C5=CC=CN6B5C=Cc5ccccc56)C5CC6CC(C5)CC4C6)ccn3)c2c1. The Hall–Kier alpha value is -8.75. The lowest BCUT2D eigenvalue weighted by Gasteiger charge is -2.63. The zero-order valence-corrected chi connectivity index (χ0v) is 43.7. The first kappa shape index (κ1) is 46.4.